The van der Waals surface area contributed by atoms with Gasteiger partial charge in [-0.2, -0.15) is 5.26 Å². The van der Waals surface area contributed by atoms with Crippen LogP contribution in [0.5, 0.6) is 5.88 Å². The van der Waals surface area contributed by atoms with Gasteiger partial charge in [0.25, 0.3) is 5.56 Å². The highest BCUT2D eigenvalue weighted by Crippen LogP contribution is 2.28. The Bertz CT molecular complexity index is 697. The first-order valence-corrected chi connectivity index (χ1v) is 7.23. The molecule has 1 aliphatic heterocycles. The minimum atomic E-state index is -3.16. The molecule has 96 valence electrons. The minimum Gasteiger partial charge on any atom is -0.493 e. The minimum absolute atomic E-state index is 0.000685. The number of hydrogen-bond donors (Lipinski definition) is 1. The van der Waals surface area contributed by atoms with Crippen LogP contribution in [0.2, 0.25) is 0 Å². The number of hydrogen-bond acceptors (Lipinski definition) is 5. The van der Waals surface area contributed by atoms with Gasteiger partial charge in [-0.15, -0.1) is 0 Å². The van der Waals surface area contributed by atoms with E-state index in [1.54, 1.807) is 6.92 Å². The Labute approximate surface area is 104 Å². The van der Waals surface area contributed by atoms with Crippen LogP contribution in [0, 0.1) is 18.3 Å². The first-order valence-electron chi connectivity index (χ1n) is 5.41. The van der Waals surface area contributed by atoms with Crippen LogP contribution in [-0.4, -0.2) is 29.6 Å². The lowest BCUT2D eigenvalue weighted by atomic mass is 10.1. The third kappa shape index (κ3) is 1.99. The second-order valence-corrected chi connectivity index (χ2v) is 6.63. The number of pyridine rings is 1. The maximum Gasteiger partial charge on any atom is 0.253 e. The van der Waals surface area contributed by atoms with Crippen molar-refractivity contribution >= 4 is 9.84 Å². The zero-order valence-corrected chi connectivity index (χ0v) is 10.6. The summed E-state index contributed by atoms with van der Waals surface area (Å²) in [5.74, 6) is -0.613. The SMILES string of the molecule is Cc1cc(=O)n([C@H]2CCS(=O)(=O)C2)c(O)c1C#N. The summed E-state index contributed by atoms with van der Waals surface area (Å²) in [4.78, 5) is 11.8. The zero-order valence-electron chi connectivity index (χ0n) is 9.75. The highest BCUT2D eigenvalue weighted by molar-refractivity contribution is 7.91. The van der Waals surface area contributed by atoms with Gasteiger partial charge in [-0.3, -0.25) is 9.36 Å². The van der Waals surface area contributed by atoms with Crippen molar-refractivity contribution in [2.75, 3.05) is 11.5 Å². The van der Waals surface area contributed by atoms with E-state index < -0.39 is 27.3 Å². The predicted molar refractivity (Wildman–Crippen MR) is 64.1 cm³/mol. The van der Waals surface area contributed by atoms with E-state index in [4.69, 9.17) is 5.26 Å². The second kappa shape index (κ2) is 4.14. The molecule has 1 aromatic heterocycles. The van der Waals surface area contributed by atoms with Gasteiger partial charge in [-0.05, 0) is 18.9 Å². The summed E-state index contributed by atoms with van der Waals surface area (Å²) in [5, 5.41) is 18.8. The average Bonchev–Trinajstić information content (AvgIpc) is 2.58. The fraction of sp³-hybridized carbons (Fsp3) is 0.455. The van der Waals surface area contributed by atoms with Crippen LogP contribution >= 0.6 is 0 Å². The second-order valence-electron chi connectivity index (χ2n) is 4.40. The molecule has 0 unspecified atom stereocenters. The fourth-order valence-corrected chi connectivity index (χ4v) is 3.90. The lowest BCUT2D eigenvalue weighted by Crippen LogP contribution is -2.26. The van der Waals surface area contributed by atoms with E-state index in [2.05, 4.69) is 0 Å². The maximum atomic E-state index is 11.8. The Balaban J connectivity index is 2.60. The molecule has 1 fully saturated rings. The highest BCUT2D eigenvalue weighted by Gasteiger charge is 2.31. The smallest absolute Gasteiger partial charge is 0.253 e. The highest BCUT2D eigenvalue weighted by atomic mass is 32.2. The molecule has 0 amide bonds. The van der Waals surface area contributed by atoms with E-state index in [1.165, 1.54) is 6.07 Å². The Morgan fingerprint density at radius 3 is 2.72 bits per heavy atom. The van der Waals surface area contributed by atoms with Crippen LogP contribution in [-0.2, 0) is 9.84 Å². The molecule has 0 bridgehead atoms. The lowest BCUT2D eigenvalue weighted by Gasteiger charge is -2.15. The monoisotopic (exact) mass is 268 g/mol. The molecule has 6 nitrogen and oxygen atoms in total. The van der Waals surface area contributed by atoms with Crippen LogP contribution in [0.15, 0.2) is 10.9 Å². The number of aromatic hydroxyl groups is 1. The Morgan fingerprint density at radius 1 is 1.56 bits per heavy atom. The molecule has 2 rings (SSSR count). The summed E-state index contributed by atoms with van der Waals surface area (Å²) in [5.41, 5.74) is -0.0814. The van der Waals surface area contributed by atoms with Crippen LogP contribution in [0.25, 0.3) is 0 Å². The predicted octanol–water partition coefficient (Wildman–Crippen LogP) is 0.0936. The summed E-state index contributed by atoms with van der Waals surface area (Å²) in [7, 11) is -3.16. The summed E-state index contributed by atoms with van der Waals surface area (Å²) >= 11 is 0. The van der Waals surface area contributed by atoms with Gasteiger partial charge in [0.15, 0.2) is 9.84 Å². The maximum absolute atomic E-state index is 11.8. The molecule has 0 aromatic carbocycles. The normalized spacial score (nSPS) is 21.7. The van der Waals surface area contributed by atoms with E-state index in [0.717, 1.165) is 4.57 Å². The van der Waals surface area contributed by atoms with Crippen LogP contribution in [0.1, 0.15) is 23.6 Å². The molecular weight excluding hydrogens is 256 g/mol. The van der Waals surface area contributed by atoms with Crippen LogP contribution < -0.4 is 5.56 Å². The Morgan fingerprint density at radius 2 is 2.22 bits per heavy atom. The average molecular weight is 268 g/mol. The van der Waals surface area contributed by atoms with Crippen molar-refractivity contribution < 1.29 is 13.5 Å². The first kappa shape index (κ1) is 12.6. The quantitative estimate of drug-likeness (QED) is 0.778. The summed E-state index contributed by atoms with van der Waals surface area (Å²) < 4.78 is 23.8. The van der Waals surface area contributed by atoms with Gasteiger partial charge in [0.05, 0.1) is 17.5 Å². The van der Waals surface area contributed by atoms with Crippen molar-refractivity contribution in [3.63, 3.8) is 0 Å². The fourth-order valence-electron chi connectivity index (χ4n) is 2.20. The van der Waals surface area contributed by atoms with E-state index in [0.29, 0.717) is 5.56 Å². The number of rotatable bonds is 1. The van der Waals surface area contributed by atoms with Gasteiger partial charge in [0.1, 0.15) is 11.6 Å². The van der Waals surface area contributed by atoms with Gasteiger partial charge in [-0.25, -0.2) is 8.42 Å². The standard InChI is InChI=1S/C11H12N2O4S/c1-7-4-10(14)13(11(15)9(7)5-12)8-2-3-18(16,17)6-8/h4,8,15H,2-3,6H2,1H3/t8-/m0/s1. The number of nitrogens with zero attached hydrogens (tertiary/aromatic N) is 2. The van der Waals surface area contributed by atoms with Crippen molar-refractivity contribution in [3.8, 4) is 11.9 Å². The summed E-state index contributed by atoms with van der Waals surface area (Å²) in [6, 6.07) is 2.47. The van der Waals surface area contributed by atoms with Gasteiger partial charge in [0, 0.05) is 6.07 Å². The molecule has 7 heteroatoms. The van der Waals surface area contributed by atoms with Gasteiger partial charge in [0.2, 0.25) is 5.88 Å². The van der Waals surface area contributed by atoms with Gasteiger partial charge in [-0.1, -0.05) is 0 Å². The Hall–Kier alpha value is -1.81. The third-order valence-corrected chi connectivity index (χ3v) is 4.86. The summed E-state index contributed by atoms with van der Waals surface area (Å²) in [6.45, 7) is 1.55. The topological polar surface area (TPSA) is 100 Å². The van der Waals surface area contributed by atoms with Crippen molar-refractivity contribution in [3.05, 3.63) is 27.5 Å². The molecule has 2 heterocycles. The molecule has 18 heavy (non-hydrogen) atoms. The zero-order chi connectivity index (χ0) is 13.5. The van der Waals surface area contributed by atoms with Crippen molar-refractivity contribution in [1.29, 1.82) is 5.26 Å². The van der Waals surface area contributed by atoms with Crippen molar-refractivity contribution in [2.45, 2.75) is 19.4 Å². The molecule has 0 radical (unpaired) electrons. The molecule has 0 spiro atoms. The summed E-state index contributed by atoms with van der Waals surface area (Å²) in [6.07, 6.45) is 0.281. The number of aromatic nitrogens is 1. The first-order chi connectivity index (χ1) is 8.35. The molecule has 0 saturated carbocycles. The number of sulfone groups is 1. The van der Waals surface area contributed by atoms with E-state index in [-0.39, 0.29) is 23.5 Å². The Kier molecular flexibility index (Phi) is 2.91. The molecule has 1 aliphatic rings. The van der Waals surface area contributed by atoms with E-state index in [1.807, 2.05) is 6.07 Å². The molecule has 1 aromatic rings. The molecule has 1 N–H and O–H groups in total. The number of aryl methyl sites for hydroxylation is 1. The molecule has 1 saturated heterocycles. The van der Waals surface area contributed by atoms with Crippen molar-refractivity contribution in [1.82, 2.24) is 4.57 Å². The molecule has 1 atom stereocenters. The number of nitriles is 1. The van der Waals surface area contributed by atoms with Gasteiger partial charge >= 0.3 is 0 Å². The van der Waals surface area contributed by atoms with Crippen LogP contribution in [0.3, 0.4) is 0 Å². The molecule has 0 aliphatic carbocycles. The van der Waals surface area contributed by atoms with Gasteiger partial charge < -0.3 is 5.11 Å². The van der Waals surface area contributed by atoms with Crippen LogP contribution in [0.4, 0.5) is 0 Å². The largest absolute Gasteiger partial charge is 0.493 e. The van der Waals surface area contributed by atoms with E-state index in [9.17, 15) is 18.3 Å². The lowest BCUT2D eigenvalue weighted by molar-refractivity contribution is 0.378. The third-order valence-electron chi connectivity index (χ3n) is 3.11. The van der Waals surface area contributed by atoms with E-state index >= 15 is 0 Å². The van der Waals surface area contributed by atoms with Crippen molar-refractivity contribution in [2.24, 2.45) is 0 Å². The molecular formula is C11H12N2O4S.